The molecule has 0 aromatic heterocycles. The van der Waals surface area contributed by atoms with Crippen LogP contribution in [-0.2, 0) is 14.4 Å². The van der Waals surface area contributed by atoms with Gasteiger partial charge in [0.1, 0.15) is 0 Å². The summed E-state index contributed by atoms with van der Waals surface area (Å²) in [6, 6.07) is 0. The van der Waals surface area contributed by atoms with E-state index in [1.165, 1.54) is 0 Å². The summed E-state index contributed by atoms with van der Waals surface area (Å²) in [6.45, 7) is 5.06. The van der Waals surface area contributed by atoms with Crippen LogP contribution in [0.15, 0.2) is 0 Å². The Labute approximate surface area is 120 Å². The molecule has 20 heavy (non-hydrogen) atoms. The predicted molar refractivity (Wildman–Crippen MR) is 75.9 cm³/mol. The van der Waals surface area contributed by atoms with Crippen molar-refractivity contribution in [2.75, 3.05) is 26.7 Å². The van der Waals surface area contributed by atoms with Gasteiger partial charge in [0.05, 0.1) is 5.41 Å². The summed E-state index contributed by atoms with van der Waals surface area (Å²) in [5, 5.41) is 5.33. The number of rotatable bonds is 6. The molecule has 0 spiro atoms. The second kappa shape index (κ2) is 7.26. The number of carbonyl (C=O) groups is 3. The summed E-state index contributed by atoms with van der Waals surface area (Å²) in [4.78, 5) is 36.7. The molecular formula is C14H25N3O3. The molecule has 0 aromatic carbocycles. The van der Waals surface area contributed by atoms with Gasteiger partial charge in [-0.3, -0.25) is 14.4 Å². The Morgan fingerprint density at radius 3 is 2.60 bits per heavy atom. The van der Waals surface area contributed by atoms with Crippen LogP contribution < -0.4 is 10.6 Å². The maximum Gasteiger partial charge on any atom is 0.227 e. The number of likely N-dealkylation sites (tertiary alicyclic amines) is 1. The highest BCUT2D eigenvalue weighted by molar-refractivity contribution is 5.83. The van der Waals surface area contributed by atoms with Gasteiger partial charge in [0.2, 0.25) is 17.7 Å². The molecule has 1 saturated heterocycles. The molecule has 0 radical (unpaired) electrons. The Kier molecular flexibility index (Phi) is 5.98. The van der Waals surface area contributed by atoms with Gasteiger partial charge in [-0.25, -0.2) is 0 Å². The lowest BCUT2D eigenvalue weighted by Gasteiger charge is -2.27. The normalized spacial score (nSPS) is 15.9. The van der Waals surface area contributed by atoms with E-state index in [9.17, 15) is 14.4 Å². The topological polar surface area (TPSA) is 78.5 Å². The van der Waals surface area contributed by atoms with E-state index in [2.05, 4.69) is 10.6 Å². The monoisotopic (exact) mass is 283 g/mol. The van der Waals surface area contributed by atoms with Crippen molar-refractivity contribution in [2.45, 2.75) is 39.5 Å². The van der Waals surface area contributed by atoms with Gasteiger partial charge >= 0.3 is 0 Å². The Balaban J connectivity index is 2.30. The van der Waals surface area contributed by atoms with Crippen LogP contribution in [0, 0.1) is 5.41 Å². The first kappa shape index (κ1) is 16.5. The fourth-order valence-electron chi connectivity index (χ4n) is 2.16. The molecule has 1 aliphatic heterocycles. The van der Waals surface area contributed by atoms with Crippen molar-refractivity contribution < 1.29 is 14.4 Å². The van der Waals surface area contributed by atoms with Crippen LogP contribution in [0.3, 0.4) is 0 Å². The van der Waals surface area contributed by atoms with Crippen LogP contribution in [0.25, 0.3) is 0 Å². The van der Waals surface area contributed by atoms with Gasteiger partial charge in [-0.2, -0.15) is 0 Å². The molecule has 6 heteroatoms. The molecule has 0 atom stereocenters. The number of amides is 3. The van der Waals surface area contributed by atoms with Crippen molar-refractivity contribution >= 4 is 17.7 Å². The standard InChI is InChI=1S/C14H25N3O3/c1-14(2,13(20)15-3)10-16-11(18)7-9-17-8-5-4-6-12(17)19/h4-10H2,1-3H3,(H,15,20)(H,16,18). The van der Waals surface area contributed by atoms with E-state index in [0.29, 0.717) is 19.5 Å². The van der Waals surface area contributed by atoms with Crippen LogP contribution in [0.1, 0.15) is 39.5 Å². The lowest BCUT2D eigenvalue weighted by Crippen LogP contribution is -2.44. The molecule has 1 fully saturated rings. The highest BCUT2D eigenvalue weighted by Gasteiger charge is 2.27. The van der Waals surface area contributed by atoms with E-state index >= 15 is 0 Å². The first-order valence-corrected chi connectivity index (χ1v) is 7.13. The van der Waals surface area contributed by atoms with Crippen LogP contribution in [0.5, 0.6) is 0 Å². The first-order chi connectivity index (χ1) is 9.36. The minimum atomic E-state index is -0.634. The molecule has 1 aliphatic rings. The second-order valence-corrected chi connectivity index (χ2v) is 5.83. The van der Waals surface area contributed by atoms with Crippen LogP contribution in [0.2, 0.25) is 0 Å². The lowest BCUT2D eigenvalue weighted by molar-refractivity contribution is -0.133. The number of piperidine rings is 1. The van der Waals surface area contributed by atoms with Gasteiger partial charge in [-0.1, -0.05) is 0 Å². The number of hydrogen-bond acceptors (Lipinski definition) is 3. The van der Waals surface area contributed by atoms with Crippen molar-refractivity contribution in [1.29, 1.82) is 0 Å². The summed E-state index contributed by atoms with van der Waals surface area (Å²) < 4.78 is 0. The lowest BCUT2D eigenvalue weighted by atomic mass is 9.92. The average molecular weight is 283 g/mol. The highest BCUT2D eigenvalue weighted by atomic mass is 16.2. The average Bonchev–Trinajstić information content (AvgIpc) is 2.43. The van der Waals surface area contributed by atoms with Crippen LogP contribution in [0.4, 0.5) is 0 Å². The Morgan fingerprint density at radius 2 is 2.00 bits per heavy atom. The third-order valence-electron chi connectivity index (χ3n) is 3.60. The zero-order valence-electron chi connectivity index (χ0n) is 12.6. The zero-order valence-corrected chi connectivity index (χ0v) is 12.6. The van der Waals surface area contributed by atoms with Crippen LogP contribution in [-0.4, -0.2) is 49.3 Å². The van der Waals surface area contributed by atoms with E-state index in [0.717, 1.165) is 19.4 Å². The van der Waals surface area contributed by atoms with Crippen LogP contribution >= 0.6 is 0 Å². The first-order valence-electron chi connectivity index (χ1n) is 7.13. The molecule has 114 valence electrons. The molecule has 3 amide bonds. The molecular weight excluding hydrogens is 258 g/mol. The van der Waals surface area contributed by atoms with Crippen molar-refractivity contribution in [3.05, 3.63) is 0 Å². The molecule has 0 unspecified atom stereocenters. The molecule has 1 heterocycles. The number of nitrogens with zero attached hydrogens (tertiary/aromatic N) is 1. The molecule has 2 N–H and O–H groups in total. The Morgan fingerprint density at radius 1 is 1.30 bits per heavy atom. The highest BCUT2D eigenvalue weighted by Crippen LogP contribution is 2.13. The van der Waals surface area contributed by atoms with E-state index in [1.54, 1.807) is 25.8 Å². The minimum absolute atomic E-state index is 0.107. The molecule has 0 aromatic rings. The summed E-state index contributed by atoms with van der Waals surface area (Å²) in [6.07, 6.45) is 2.83. The molecule has 0 bridgehead atoms. The Hall–Kier alpha value is -1.59. The molecule has 0 saturated carbocycles. The SMILES string of the molecule is CNC(=O)C(C)(C)CNC(=O)CCN1CCCCC1=O. The van der Waals surface area contributed by atoms with E-state index < -0.39 is 5.41 Å². The zero-order chi connectivity index (χ0) is 15.2. The summed E-state index contributed by atoms with van der Waals surface area (Å²) in [5.74, 6) is -0.0981. The van der Waals surface area contributed by atoms with Gasteiger partial charge in [-0.05, 0) is 26.7 Å². The van der Waals surface area contributed by atoms with Crippen molar-refractivity contribution in [1.82, 2.24) is 15.5 Å². The second-order valence-electron chi connectivity index (χ2n) is 5.83. The van der Waals surface area contributed by atoms with Crippen molar-refractivity contribution in [3.63, 3.8) is 0 Å². The van der Waals surface area contributed by atoms with E-state index in [4.69, 9.17) is 0 Å². The molecule has 1 rings (SSSR count). The summed E-state index contributed by atoms with van der Waals surface area (Å²) in [7, 11) is 1.58. The maximum atomic E-state index is 11.8. The number of nitrogens with one attached hydrogen (secondary N) is 2. The Bertz CT molecular complexity index is 380. The van der Waals surface area contributed by atoms with Gasteiger partial charge in [0.15, 0.2) is 0 Å². The third kappa shape index (κ3) is 4.83. The van der Waals surface area contributed by atoms with E-state index in [1.807, 2.05) is 0 Å². The maximum absolute atomic E-state index is 11.8. The van der Waals surface area contributed by atoms with Crippen molar-refractivity contribution in [2.24, 2.45) is 5.41 Å². The number of carbonyl (C=O) groups excluding carboxylic acids is 3. The largest absolute Gasteiger partial charge is 0.359 e. The quantitative estimate of drug-likeness (QED) is 0.735. The molecule has 6 nitrogen and oxygen atoms in total. The summed E-state index contributed by atoms with van der Waals surface area (Å²) >= 11 is 0. The van der Waals surface area contributed by atoms with Gasteiger partial charge in [-0.15, -0.1) is 0 Å². The summed E-state index contributed by atoms with van der Waals surface area (Å²) in [5.41, 5.74) is -0.634. The van der Waals surface area contributed by atoms with Crippen molar-refractivity contribution in [3.8, 4) is 0 Å². The number of hydrogen-bond donors (Lipinski definition) is 2. The predicted octanol–water partition coefficient (Wildman–Crippen LogP) is 0.277. The molecule has 0 aliphatic carbocycles. The smallest absolute Gasteiger partial charge is 0.227 e. The van der Waals surface area contributed by atoms with E-state index in [-0.39, 0.29) is 24.1 Å². The fourth-order valence-corrected chi connectivity index (χ4v) is 2.16. The van der Waals surface area contributed by atoms with Gasteiger partial charge in [0.25, 0.3) is 0 Å². The van der Waals surface area contributed by atoms with Gasteiger partial charge < -0.3 is 15.5 Å². The fraction of sp³-hybridized carbons (Fsp3) is 0.786. The minimum Gasteiger partial charge on any atom is -0.359 e. The third-order valence-corrected chi connectivity index (χ3v) is 3.60. The van der Waals surface area contributed by atoms with Gasteiger partial charge in [0, 0.05) is 39.5 Å².